The van der Waals surface area contributed by atoms with E-state index < -0.39 is 12.1 Å². The highest BCUT2D eigenvalue weighted by atomic mass is 16.5. The van der Waals surface area contributed by atoms with Gasteiger partial charge in [-0.05, 0) is 30.7 Å². The number of carboxylic acid groups (broad SMARTS) is 1. The van der Waals surface area contributed by atoms with Gasteiger partial charge in [-0.3, -0.25) is 0 Å². The second kappa shape index (κ2) is 4.97. The van der Waals surface area contributed by atoms with Crippen molar-refractivity contribution in [2.45, 2.75) is 6.92 Å². The number of carbonyl (C=O) groups excluding carboxylic acids is 1. The number of nitrogens with two attached hydrogens (primary N) is 1. The van der Waals surface area contributed by atoms with Gasteiger partial charge in [0.1, 0.15) is 5.75 Å². The minimum Gasteiger partial charge on any atom is -0.478 e. The van der Waals surface area contributed by atoms with Crippen LogP contribution in [0.1, 0.15) is 12.5 Å². The fourth-order valence-electron chi connectivity index (χ4n) is 1.06. The van der Waals surface area contributed by atoms with Gasteiger partial charge in [-0.15, -0.1) is 0 Å². The van der Waals surface area contributed by atoms with E-state index in [2.05, 4.69) is 4.74 Å². The molecule has 0 atom stereocenters. The molecule has 1 aromatic rings. The van der Waals surface area contributed by atoms with Crippen molar-refractivity contribution in [3.8, 4) is 5.75 Å². The molecular formula is C11H11NO4. The third-order valence-corrected chi connectivity index (χ3v) is 1.82. The lowest BCUT2D eigenvalue weighted by molar-refractivity contribution is -0.132. The van der Waals surface area contributed by atoms with Gasteiger partial charge in [0.2, 0.25) is 0 Å². The molecule has 84 valence electrons. The standard InChI is InChI=1S/C11H11NO4/c1-7(10(13)14)6-8-2-4-9(5-3-8)16-11(12)15/h2-6H,1H3,(H2,12,15)(H,13,14). The largest absolute Gasteiger partial charge is 0.478 e. The maximum absolute atomic E-state index is 10.6. The number of ether oxygens (including phenoxy) is 1. The van der Waals surface area contributed by atoms with Gasteiger partial charge in [-0.2, -0.15) is 0 Å². The van der Waals surface area contributed by atoms with Crippen molar-refractivity contribution in [3.05, 3.63) is 35.4 Å². The first-order valence-corrected chi connectivity index (χ1v) is 4.48. The van der Waals surface area contributed by atoms with Crippen molar-refractivity contribution < 1.29 is 19.4 Å². The Kier molecular flexibility index (Phi) is 3.66. The molecule has 0 bridgehead atoms. The Morgan fingerprint density at radius 1 is 1.31 bits per heavy atom. The number of amides is 1. The number of carbonyl (C=O) groups is 2. The molecule has 0 aliphatic heterocycles. The van der Waals surface area contributed by atoms with Crippen LogP contribution >= 0.6 is 0 Å². The lowest BCUT2D eigenvalue weighted by Gasteiger charge is -2.01. The molecule has 5 heteroatoms. The summed E-state index contributed by atoms with van der Waals surface area (Å²) >= 11 is 0. The van der Waals surface area contributed by atoms with Crippen LogP contribution in [0.3, 0.4) is 0 Å². The molecule has 5 nitrogen and oxygen atoms in total. The summed E-state index contributed by atoms with van der Waals surface area (Å²) in [6, 6.07) is 6.33. The predicted molar refractivity (Wildman–Crippen MR) is 57.9 cm³/mol. The van der Waals surface area contributed by atoms with E-state index in [1.807, 2.05) is 0 Å². The van der Waals surface area contributed by atoms with E-state index >= 15 is 0 Å². The van der Waals surface area contributed by atoms with Crippen LogP contribution in [0.25, 0.3) is 6.08 Å². The lowest BCUT2D eigenvalue weighted by Crippen LogP contribution is -2.16. The molecule has 0 saturated carbocycles. The van der Waals surface area contributed by atoms with Crippen LogP contribution in [0.2, 0.25) is 0 Å². The van der Waals surface area contributed by atoms with Gasteiger partial charge < -0.3 is 15.6 Å². The van der Waals surface area contributed by atoms with Crippen LogP contribution in [-0.2, 0) is 4.79 Å². The molecule has 16 heavy (non-hydrogen) atoms. The highest BCUT2D eigenvalue weighted by Crippen LogP contribution is 2.14. The molecule has 1 amide bonds. The molecule has 0 unspecified atom stereocenters. The van der Waals surface area contributed by atoms with E-state index in [1.54, 1.807) is 12.1 Å². The molecule has 1 rings (SSSR count). The second-order valence-corrected chi connectivity index (χ2v) is 3.12. The zero-order valence-electron chi connectivity index (χ0n) is 8.64. The zero-order chi connectivity index (χ0) is 12.1. The maximum atomic E-state index is 10.6. The molecule has 0 aliphatic carbocycles. The Labute approximate surface area is 92.1 Å². The minimum atomic E-state index is -0.975. The number of hydrogen-bond donors (Lipinski definition) is 2. The van der Waals surface area contributed by atoms with E-state index in [0.29, 0.717) is 11.3 Å². The number of aliphatic carboxylic acids is 1. The Morgan fingerprint density at radius 2 is 1.88 bits per heavy atom. The molecule has 0 spiro atoms. The van der Waals surface area contributed by atoms with Gasteiger partial charge in [0.05, 0.1) is 0 Å². The summed E-state index contributed by atoms with van der Waals surface area (Å²) in [7, 11) is 0. The Morgan fingerprint density at radius 3 is 2.31 bits per heavy atom. The molecule has 0 heterocycles. The normalized spacial score (nSPS) is 10.9. The summed E-state index contributed by atoms with van der Waals surface area (Å²) in [4.78, 5) is 21.0. The van der Waals surface area contributed by atoms with E-state index in [-0.39, 0.29) is 5.57 Å². The lowest BCUT2D eigenvalue weighted by atomic mass is 10.1. The molecule has 1 aromatic carbocycles. The van der Waals surface area contributed by atoms with Crippen molar-refractivity contribution in [1.29, 1.82) is 0 Å². The summed E-state index contributed by atoms with van der Waals surface area (Å²) in [5, 5.41) is 8.66. The summed E-state index contributed by atoms with van der Waals surface area (Å²) in [6.07, 6.45) is 0.626. The van der Waals surface area contributed by atoms with Gasteiger partial charge in [-0.1, -0.05) is 12.1 Å². The summed E-state index contributed by atoms with van der Waals surface area (Å²) in [6.45, 7) is 1.50. The first kappa shape index (κ1) is 11.8. The Balaban J connectivity index is 2.83. The Hall–Kier alpha value is -2.30. The summed E-state index contributed by atoms with van der Waals surface area (Å²) in [5.41, 5.74) is 5.76. The fraction of sp³-hybridized carbons (Fsp3) is 0.0909. The highest BCUT2D eigenvalue weighted by Gasteiger charge is 2.01. The summed E-state index contributed by atoms with van der Waals surface area (Å²) < 4.78 is 4.62. The highest BCUT2D eigenvalue weighted by molar-refractivity contribution is 5.91. The van der Waals surface area contributed by atoms with Gasteiger partial charge in [0.25, 0.3) is 0 Å². The molecular weight excluding hydrogens is 210 g/mol. The van der Waals surface area contributed by atoms with E-state index in [9.17, 15) is 9.59 Å². The first-order valence-electron chi connectivity index (χ1n) is 4.48. The number of hydrogen-bond acceptors (Lipinski definition) is 3. The molecule has 0 fully saturated rings. The van der Waals surface area contributed by atoms with Crippen molar-refractivity contribution in [2.75, 3.05) is 0 Å². The van der Waals surface area contributed by atoms with Crippen LogP contribution in [0.15, 0.2) is 29.8 Å². The van der Waals surface area contributed by atoms with Gasteiger partial charge >= 0.3 is 12.1 Å². The van der Waals surface area contributed by atoms with Crippen LogP contribution in [0, 0.1) is 0 Å². The monoisotopic (exact) mass is 221 g/mol. The Bertz CT molecular complexity index is 434. The smallest absolute Gasteiger partial charge is 0.409 e. The number of primary amides is 1. The van der Waals surface area contributed by atoms with Crippen molar-refractivity contribution in [3.63, 3.8) is 0 Å². The average molecular weight is 221 g/mol. The topological polar surface area (TPSA) is 89.6 Å². The molecule has 0 saturated heterocycles. The third kappa shape index (κ3) is 3.45. The molecule has 0 aromatic heterocycles. The number of benzene rings is 1. The van der Waals surface area contributed by atoms with Crippen molar-refractivity contribution >= 4 is 18.1 Å². The third-order valence-electron chi connectivity index (χ3n) is 1.82. The van der Waals surface area contributed by atoms with Gasteiger partial charge in [0, 0.05) is 5.57 Å². The van der Waals surface area contributed by atoms with Gasteiger partial charge in [-0.25, -0.2) is 9.59 Å². The molecule has 3 N–H and O–H groups in total. The van der Waals surface area contributed by atoms with Crippen LogP contribution in [0.5, 0.6) is 5.75 Å². The van der Waals surface area contributed by atoms with Crippen LogP contribution in [-0.4, -0.2) is 17.2 Å². The predicted octanol–water partition coefficient (Wildman–Crippen LogP) is 1.63. The first-order chi connectivity index (χ1) is 7.49. The van der Waals surface area contributed by atoms with Gasteiger partial charge in [0.15, 0.2) is 0 Å². The quantitative estimate of drug-likeness (QED) is 0.759. The zero-order valence-corrected chi connectivity index (χ0v) is 8.64. The minimum absolute atomic E-state index is 0.226. The summed E-state index contributed by atoms with van der Waals surface area (Å²) in [5.74, 6) is -0.657. The molecule has 0 aliphatic rings. The second-order valence-electron chi connectivity index (χ2n) is 3.12. The molecule has 0 radical (unpaired) electrons. The van der Waals surface area contributed by atoms with E-state index in [0.717, 1.165) is 0 Å². The van der Waals surface area contributed by atoms with Crippen LogP contribution < -0.4 is 10.5 Å². The van der Waals surface area contributed by atoms with E-state index in [4.69, 9.17) is 10.8 Å². The number of carboxylic acids is 1. The van der Waals surface area contributed by atoms with Crippen molar-refractivity contribution in [2.24, 2.45) is 5.73 Å². The number of rotatable bonds is 3. The van der Waals surface area contributed by atoms with Crippen molar-refractivity contribution in [1.82, 2.24) is 0 Å². The SMILES string of the molecule is CC(=Cc1ccc(OC(N)=O)cc1)C(=O)O. The average Bonchev–Trinajstić information content (AvgIpc) is 2.20. The van der Waals surface area contributed by atoms with E-state index in [1.165, 1.54) is 25.1 Å². The maximum Gasteiger partial charge on any atom is 0.409 e. The fourth-order valence-corrected chi connectivity index (χ4v) is 1.06. The van der Waals surface area contributed by atoms with Crippen LogP contribution in [0.4, 0.5) is 4.79 Å².